The van der Waals surface area contributed by atoms with Gasteiger partial charge in [-0.3, -0.25) is 4.79 Å². The zero-order valence-electron chi connectivity index (χ0n) is 18.4. The molecule has 32 heavy (non-hydrogen) atoms. The summed E-state index contributed by atoms with van der Waals surface area (Å²) in [7, 11) is 0. The number of carbonyl (C=O) groups excluding carboxylic acids is 1. The Morgan fingerprint density at radius 3 is 2.47 bits per heavy atom. The van der Waals surface area contributed by atoms with Crippen LogP contribution in [0.25, 0.3) is 5.69 Å². The molecule has 1 aliphatic carbocycles. The summed E-state index contributed by atoms with van der Waals surface area (Å²) in [6.45, 7) is 3.86. The topological polar surface area (TPSA) is 56.6 Å². The van der Waals surface area contributed by atoms with Crippen molar-refractivity contribution in [1.29, 1.82) is 0 Å². The molecule has 0 N–H and O–H groups in total. The van der Waals surface area contributed by atoms with E-state index < -0.39 is 0 Å². The fourth-order valence-electron chi connectivity index (χ4n) is 4.22. The number of ether oxygens (including phenoxy) is 2. The van der Waals surface area contributed by atoms with Crippen LogP contribution in [-0.2, 0) is 16.1 Å². The minimum absolute atomic E-state index is 0.112. The molecule has 6 heteroatoms. The molecule has 1 saturated carbocycles. The summed E-state index contributed by atoms with van der Waals surface area (Å²) in [6.07, 6.45) is 4.14. The predicted octanol–water partition coefficient (Wildman–Crippen LogP) is 4.89. The van der Waals surface area contributed by atoms with Crippen LogP contribution in [0.2, 0.25) is 0 Å². The van der Waals surface area contributed by atoms with Gasteiger partial charge in [-0.25, -0.2) is 4.68 Å². The lowest BCUT2D eigenvalue weighted by molar-refractivity contribution is -0.134. The quantitative estimate of drug-likeness (QED) is 0.510. The van der Waals surface area contributed by atoms with Crippen LogP contribution in [0.5, 0.6) is 11.6 Å². The molecule has 0 spiro atoms. The highest BCUT2D eigenvalue weighted by molar-refractivity contribution is 5.81. The lowest BCUT2D eigenvalue weighted by Gasteiger charge is -2.26. The van der Waals surface area contributed by atoms with Crippen molar-refractivity contribution in [3.05, 3.63) is 71.9 Å². The molecule has 2 fully saturated rings. The Balaban J connectivity index is 1.50. The van der Waals surface area contributed by atoms with Crippen LogP contribution >= 0.6 is 0 Å². The first-order valence-corrected chi connectivity index (χ1v) is 11.5. The smallest absolute Gasteiger partial charge is 0.227 e. The third-order valence-electron chi connectivity index (χ3n) is 6.13. The molecular formula is C26H29N3O3. The first-order chi connectivity index (χ1) is 15.7. The lowest BCUT2D eigenvalue weighted by Crippen LogP contribution is -2.38. The minimum atomic E-state index is 0.112. The van der Waals surface area contributed by atoms with E-state index in [0.29, 0.717) is 19.0 Å². The molecular weight excluding hydrogens is 402 g/mol. The van der Waals surface area contributed by atoms with Crippen molar-refractivity contribution in [1.82, 2.24) is 14.7 Å². The molecule has 1 saturated heterocycles. The molecule has 2 aliphatic rings. The van der Waals surface area contributed by atoms with Crippen molar-refractivity contribution in [2.75, 3.05) is 13.2 Å². The Morgan fingerprint density at radius 1 is 1.09 bits per heavy atom. The third-order valence-corrected chi connectivity index (χ3v) is 6.13. The van der Waals surface area contributed by atoms with Gasteiger partial charge in [-0.15, -0.1) is 0 Å². The number of para-hydroxylation sites is 2. The largest absolute Gasteiger partial charge is 0.439 e. The van der Waals surface area contributed by atoms with E-state index >= 15 is 0 Å². The maximum atomic E-state index is 13.2. The molecule has 5 rings (SSSR count). The molecule has 1 atom stereocenters. The number of hydrogen-bond donors (Lipinski definition) is 0. The maximum absolute atomic E-state index is 13.2. The van der Waals surface area contributed by atoms with E-state index in [4.69, 9.17) is 14.6 Å². The standard InChI is InChI=1S/C26H29N3O3/c1-19-24(18-28(25(30)20-14-15-20)17-23-13-8-16-31-23)26(32-22-11-6-3-7-12-22)29(27-19)21-9-4-2-5-10-21/h2-7,9-12,20,23H,8,13-18H2,1H3/t23-/m1/s1. The second kappa shape index (κ2) is 9.17. The monoisotopic (exact) mass is 431 g/mol. The van der Waals surface area contributed by atoms with Crippen molar-refractivity contribution in [3.8, 4) is 17.3 Å². The highest BCUT2D eigenvalue weighted by Gasteiger charge is 2.36. The molecule has 1 aromatic heterocycles. The summed E-state index contributed by atoms with van der Waals surface area (Å²) in [5.41, 5.74) is 2.72. The molecule has 0 radical (unpaired) electrons. The molecule has 3 aromatic rings. The average Bonchev–Trinajstić information content (AvgIpc) is 3.47. The number of carbonyl (C=O) groups is 1. The van der Waals surface area contributed by atoms with Gasteiger partial charge in [0.05, 0.1) is 29.6 Å². The summed E-state index contributed by atoms with van der Waals surface area (Å²) in [5.74, 6) is 1.77. The van der Waals surface area contributed by atoms with E-state index in [1.165, 1.54) is 0 Å². The Bertz CT molecular complexity index is 1050. The molecule has 2 aromatic carbocycles. The van der Waals surface area contributed by atoms with Crippen LogP contribution in [-0.4, -0.2) is 39.8 Å². The van der Waals surface area contributed by atoms with Gasteiger partial charge in [0.1, 0.15) is 5.75 Å². The summed E-state index contributed by atoms with van der Waals surface area (Å²) in [6, 6.07) is 19.7. The fourth-order valence-corrected chi connectivity index (χ4v) is 4.22. The summed E-state index contributed by atoms with van der Waals surface area (Å²) in [4.78, 5) is 15.1. The van der Waals surface area contributed by atoms with Gasteiger partial charge in [0, 0.05) is 19.1 Å². The minimum Gasteiger partial charge on any atom is -0.439 e. The number of aryl methyl sites for hydroxylation is 1. The van der Waals surface area contributed by atoms with E-state index in [9.17, 15) is 4.79 Å². The van der Waals surface area contributed by atoms with Gasteiger partial charge in [0.25, 0.3) is 0 Å². The lowest BCUT2D eigenvalue weighted by atomic mass is 10.1. The fraction of sp³-hybridized carbons (Fsp3) is 0.385. The maximum Gasteiger partial charge on any atom is 0.227 e. The van der Waals surface area contributed by atoms with E-state index in [1.54, 1.807) is 0 Å². The number of amides is 1. The molecule has 0 bridgehead atoms. The molecule has 6 nitrogen and oxygen atoms in total. The van der Waals surface area contributed by atoms with Gasteiger partial charge < -0.3 is 14.4 Å². The van der Waals surface area contributed by atoms with Gasteiger partial charge in [-0.05, 0) is 56.9 Å². The Hall–Kier alpha value is -3.12. The average molecular weight is 432 g/mol. The Kier molecular flexibility index (Phi) is 5.95. The zero-order valence-corrected chi connectivity index (χ0v) is 18.4. The van der Waals surface area contributed by atoms with Crippen LogP contribution in [0.4, 0.5) is 0 Å². The van der Waals surface area contributed by atoms with Crippen LogP contribution in [0.15, 0.2) is 60.7 Å². The van der Waals surface area contributed by atoms with Crippen molar-refractivity contribution in [2.45, 2.75) is 45.3 Å². The van der Waals surface area contributed by atoms with Gasteiger partial charge in [-0.1, -0.05) is 36.4 Å². The van der Waals surface area contributed by atoms with E-state index in [2.05, 4.69) is 0 Å². The summed E-state index contributed by atoms with van der Waals surface area (Å²) < 4.78 is 14.1. The zero-order chi connectivity index (χ0) is 21.9. The van der Waals surface area contributed by atoms with Crippen molar-refractivity contribution >= 4 is 5.91 Å². The van der Waals surface area contributed by atoms with Crippen LogP contribution in [0.3, 0.4) is 0 Å². The van der Waals surface area contributed by atoms with E-state index in [-0.39, 0.29) is 17.9 Å². The van der Waals surface area contributed by atoms with Crippen molar-refractivity contribution in [2.24, 2.45) is 5.92 Å². The van der Waals surface area contributed by atoms with E-state index in [0.717, 1.165) is 55.0 Å². The van der Waals surface area contributed by atoms with Crippen molar-refractivity contribution in [3.63, 3.8) is 0 Å². The summed E-state index contributed by atoms with van der Waals surface area (Å²) >= 11 is 0. The van der Waals surface area contributed by atoms with Crippen LogP contribution < -0.4 is 4.74 Å². The van der Waals surface area contributed by atoms with Gasteiger partial charge in [-0.2, -0.15) is 5.10 Å². The van der Waals surface area contributed by atoms with Crippen LogP contribution in [0.1, 0.15) is 36.9 Å². The van der Waals surface area contributed by atoms with Gasteiger partial charge in [0.2, 0.25) is 11.8 Å². The molecule has 0 unspecified atom stereocenters. The molecule has 1 aliphatic heterocycles. The number of aromatic nitrogens is 2. The number of nitrogens with zero attached hydrogens (tertiary/aromatic N) is 3. The third kappa shape index (κ3) is 4.55. The second-order valence-electron chi connectivity index (χ2n) is 8.66. The Labute approximate surface area is 188 Å². The normalized spacial score (nSPS) is 18.0. The molecule has 166 valence electrons. The first-order valence-electron chi connectivity index (χ1n) is 11.5. The highest BCUT2D eigenvalue weighted by Crippen LogP contribution is 2.35. The first kappa shape index (κ1) is 20.8. The number of benzene rings is 2. The number of hydrogen-bond acceptors (Lipinski definition) is 4. The second-order valence-corrected chi connectivity index (χ2v) is 8.66. The summed E-state index contributed by atoms with van der Waals surface area (Å²) in [5, 5.41) is 4.80. The van der Waals surface area contributed by atoms with Gasteiger partial charge >= 0.3 is 0 Å². The molecule has 1 amide bonds. The number of rotatable bonds is 8. The SMILES string of the molecule is Cc1nn(-c2ccccc2)c(Oc2ccccc2)c1CN(C[C@H]1CCCO1)C(=O)C1CC1. The predicted molar refractivity (Wildman–Crippen MR) is 122 cm³/mol. The molecule has 2 heterocycles. The Morgan fingerprint density at radius 2 is 1.81 bits per heavy atom. The van der Waals surface area contributed by atoms with Crippen LogP contribution in [0, 0.1) is 12.8 Å². The van der Waals surface area contributed by atoms with E-state index in [1.807, 2.05) is 77.2 Å². The highest BCUT2D eigenvalue weighted by atomic mass is 16.5. The van der Waals surface area contributed by atoms with Gasteiger partial charge in [0.15, 0.2) is 0 Å². The van der Waals surface area contributed by atoms with Crippen molar-refractivity contribution < 1.29 is 14.3 Å².